The number of ether oxygens (including phenoxy) is 2. The molecule has 0 bridgehead atoms. The lowest BCUT2D eigenvalue weighted by Gasteiger charge is -2.25. The molecule has 4 rings (SSSR count). The Hall–Kier alpha value is -2.50. The van der Waals surface area contributed by atoms with Crippen LogP contribution < -0.4 is 4.74 Å². The van der Waals surface area contributed by atoms with Crippen molar-refractivity contribution in [1.29, 1.82) is 0 Å². The Labute approximate surface area is 166 Å². The van der Waals surface area contributed by atoms with Crippen LogP contribution >= 0.6 is 0 Å². The van der Waals surface area contributed by atoms with E-state index in [1.165, 1.54) is 5.56 Å². The molecule has 1 aromatic carbocycles. The Kier molecular flexibility index (Phi) is 5.84. The fourth-order valence-electron chi connectivity index (χ4n) is 3.82. The van der Waals surface area contributed by atoms with Crippen LogP contribution in [-0.4, -0.2) is 41.2 Å². The van der Waals surface area contributed by atoms with Gasteiger partial charge >= 0.3 is 0 Å². The Bertz CT molecular complexity index is 924. The average Bonchev–Trinajstić information content (AvgIpc) is 3.21. The standard InChI is InChI=1S/C23H27N3O2/c1-17-8-9-18-13-19(23(27-2)25-22(18)12-17)14-26(16-21-7-5-11-28-21)15-20-6-3-4-10-24-20/h3-4,6,8-10,12-13,21H,5,7,11,14-16H2,1-2H3. The molecule has 1 aliphatic rings. The van der Waals surface area contributed by atoms with E-state index in [1.807, 2.05) is 18.3 Å². The molecule has 1 fully saturated rings. The second kappa shape index (κ2) is 8.67. The highest BCUT2D eigenvalue weighted by molar-refractivity contribution is 5.80. The summed E-state index contributed by atoms with van der Waals surface area (Å²) in [5.41, 5.74) is 4.32. The van der Waals surface area contributed by atoms with Crippen molar-refractivity contribution in [2.45, 2.75) is 39.0 Å². The van der Waals surface area contributed by atoms with Crippen molar-refractivity contribution >= 4 is 10.9 Å². The number of pyridine rings is 2. The van der Waals surface area contributed by atoms with Gasteiger partial charge in [0.1, 0.15) is 0 Å². The third-order valence-corrected chi connectivity index (χ3v) is 5.20. The third-order valence-electron chi connectivity index (χ3n) is 5.20. The number of benzene rings is 1. The second-order valence-corrected chi connectivity index (χ2v) is 7.48. The van der Waals surface area contributed by atoms with Crippen molar-refractivity contribution in [3.8, 4) is 5.88 Å². The summed E-state index contributed by atoms with van der Waals surface area (Å²) in [5, 5.41) is 1.14. The molecule has 1 saturated heterocycles. The van der Waals surface area contributed by atoms with Crippen LogP contribution in [0.5, 0.6) is 5.88 Å². The van der Waals surface area contributed by atoms with E-state index in [9.17, 15) is 0 Å². The third kappa shape index (κ3) is 4.49. The van der Waals surface area contributed by atoms with Gasteiger partial charge in [0.05, 0.1) is 24.4 Å². The van der Waals surface area contributed by atoms with E-state index in [0.29, 0.717) is 5.88 Å². The molecule has 3 heterocycles. The lowest BCUT2D eigenvalue weighted by atomic mass is 10.1. The predicted octanol–water partition coefficient (Wildman–Crippen LogP) is 4.13. The number of hydrogen-bond donors (Lipinski definition) is 0. The first-order valence-electron chi connectivity index (χ1n) is 9.89. The average molecular weight is 377 g/mol. The molecule has 0 N–H and O–H groups in total. The zero-order chi connectivity index (χ0) is 19.3. The lowest BCUT2D eigenvalue weighted by molar-refractivity contribution is 0.0671. The number of hydrogen-bond acceptors (Lipinski definition) is 5. The molecule has 0 aliphatic carbocycles. The summed E-state index contributed by atoms with van der Waals surface area (Å²) in [6, 6.07) is 14.6. The molecule has 1 unspecified atom stereocenters. The number of aromatic nitrogens is 2. The van der Waals surface area contributed by atoms with E-state index in [2.05, 4.69) is 47.1 Å². The molecule has 0 saturated carbocycles. The number of methoxy groups -OCH3 is 1. The largest absolute Gasteiger partial charge is 0.481 e. The SMILES string of the molecule is COc1nc2cc(C)ccc2cc1CN(Cc1ccccn1)CC1CCCO1. The second-order valence-electron chi connectivity index (χ2n) is 7.48. The van der Waals surface area contributed by atoms with Crippen molar-refractivity contribution in [2.24, 2.45) is 0 Å². The molecule has 5 nitrogen and oxygen atoms in total. The molecule has 28 heavy (non-hydrogen) atoms. The van der Waals surface area contributed by atoms with Crippen LogP contribution in [0.1, 0.15) is 29.7 Å². The molecule has 0 spiro atoms. The molecule has 1 atom stereocenters. The fraction of sp³-hybridized carbons (Fsp3) is 0.391. The van der Waals surface area contributed by atoms with Gasteiger partial charge in [-0.25, -0.2) is 4.98 Å². The molecule has 1 aliphatic heterocycles. The van der Waals surface area contributed by atoms with Crippen molar-refractivity contribution < 1.29 is 9.47 Å². The van der Waals surface area contributed by atoms with E-state index in [-0.39, 0.29) is 6.10 Å². The minimum atomic E-state index is 0.283. The van der Waals surface area contributed by atoms with E-state index in [1.54, 1.807) is 7.11 Å². The van der Waals surface area contributed by atoms with Gasteiger partial charge in [-0.1, -0.05) is 18.2 Å². The zero-order valence-corrected chi connectivity index (χ0v) is 16.6. The minimum absolute atomic E-state index is 0.283. The predicted molar refractivity (Wildman–Crippen MR) is 110 cm³/mol. The van der Waals surface area contributed by atoms with Gasteiger partial charge < -0.3 is 9.47 Å². The number of nitrogens with zero attached hydrogens (tertiary/aromatic N) is 3. The molecule has 3 aromatic rings. The molecular formula is C23H27N3O2. The summed E-state index contributed by atoms with van der Waals surface area (Å²) in [7, 11) is 1.69. The summed E-state index contributed by atoms with van der Waals surface area (Å²) in [6.45, 7) is 5.35. The Balaban J connectivity index is 1.61. The number of rotatable bonds is 7. The van der Waals surface area contributed by atoms with Crippen LogP contribution in [0.15, 0.2) is 48.7 Å². The van der Waals surface area contributed by atoms with Crippen molar-refractivity contribution in [3.05, 3.63) is 65.5 Å². The monoisotopic (exact) mass is 377 g/mol. The van der Waals surface area contributed by atoms with Crippen LogP contribution in [0.25, 0.3) is 10.9 Å². The maximum absolute atomic E-state index is 5.89. The van der Waals surface area contributed by atoms with Gasteiger partial charge in [0.15, 0.2) is 0 Å². The minimum Gasteiger partial charge on any atom is -0.481 e. The summed E-state index contributed by atoms with van der Waals surface area (Å²) < 4.78 is 11.5. The molecule has 146 valence electrons. The molecule has 2 aromatic heterocycles. The topological polar surface area (TPSA) is 47.5 Å². The maximum Gasteiger partial charge on any atom is 0.218 e. The summed E-state index contributed by atoms with van der Waals surface area (Å²) in [6.07, 6.45) is 4.39. The number of fused-ring (bicyclic) bond motifs is 1. The van der Waals surface area contributed by atoms with Crippen LogP contribution in [0.2, 0.25) is 0 Å². The van der Waals surface area contributed by atoms with Crippen molar-refractivity contribution in [2.75, 3.05) is 20.3 Å². The molecule has 5 heteroatoms. The van der Waals surface area contributed by atoms with Gasteiger partial charge in [-0.05, 0) is 49.6 Å². The lowest BCUT2D eigenvalue weighted by Crippen LogP contribution is -2.32. The van der Waals surface area contributed by atoms with Gasteiger partial charge in [-0.15, -0.1) is 0 Å². The quantitative estimate of drug-likeness (QED) is 0.620. The smallest absolute Gasteiger partial charge is 0.218 e. The Morgan fingerprint density at radius 1 is 1.18 bits per heavy atom. The first-order valence-corrected chi connectivity index (χ1v) is 9.89. The van der Waals surface area contributed by atoms with E-state index >= 15 is 0 Å². The molecule has 0 radical (unpaired) electrons. The van der Waals surface area contributed by atoms with E-state index < -0.39 is 0 Å². The van der Waals surface area contributed by atoms with Gasteiger partial charge in [-0.3, -0.25) is 9.88 Å². The highest BCUT2D eigenvalue weighted by Crippen LogP contribution is 2.25. The van der Waals surface area contributed by atoms with Crippen molar-refractivity contribution in [1.82, 2.24) is 14.9 Å². The maximum atomic E-state index is 5.89. The van der Waals surface area contributed by atoms with Gasteiger partial charge in [0, 0.05) is 43.4 Å². The molecule has 0 amide bonds. The zero-order valence-electron chi connectivity index (χ0n) is 16.6. The molecular weight excluding hydrogens is 350 g/mol. The van der Waals surface area contributed by atoms with Crippen LogP contribution in [0, 0.1) is 6.92 Å². The van der Waals surface area contributed by atoms with Crippen LogP contribution in [-0.2, 0) is 17.8 Å². The van der Waals surface area contributed by atoms with Crippen molar-refractivity contribution in [3.63, 3.8) is 0 Å². The normalized spacial score (nSPS) is 16.8. The van der Waals surface area contributed by atoms with E-state index in [4.69, 9.17) is 14.5 Å². The fourth-order valence-corrected chi connectivity index (χ4v) is 3.82. The first kappa shape index (κ1) is 18.8. The van der Waals surface area contributed by atoms with Crippen LogP contribution in [0.3, 0.4) is 0 Å². The van der Waals surface area contributed by atoms with Gasteiger partial charge in [0.25, 0.3) is 0 Å². The summed E-state index contributed by atoms with van der Waals surface area (Å²) in [4.78, 5) is 11.6. The highest BCUT2D eigenvalue weighted by Gasteiger charge is 2.21. The highest BCUT2D eigenvalue weighted by atomic mass is 16.5. The number of aryl methyl sites for hydroxylation is 1. The Morgan fingerprint density at radius 2 is 2.11 bits per heavy atom. The summed E-state index contributed by atoms with van der Waals surface area (Å²) >= 11 is 0. The van der Waals surface area contributed by atoms with Gasteiger partial charge in [-0.2, -0.15) is 0 Å². The van der Waals surface area contributed by atoms with Gasteiger partial charge in [0.2, 0.25) is 5.88 Å². The van der Waals surface area contributed by atoms with Crippen LogP contribution in [0.4, 0.5) is 0 Å². The Morgan fingerprint density at radius 3 is 2.86 bits per heavy atom. The summed E-state index contributed by atoms with van der Waals surface area (Å²) in [5.74, 6) is 0.691. The first-order chi connectivity index (χ1) is 13.7. The van der Waals surface area contributed by atoms with E-state index in [0.717, 1.165) is 61.2 Å².